The van der Waals surface area contributed by atoms with E-state index in [4.69, 9.17) is 0 Å². The third-order valence-electron chi connectivity index (χ3n) is 3.83. The summed E-state index contributed by atoms with van der Waals surface area (Å²) in [6.45, 7) is 5.04. The Labute approximate surface area is 119 Å². The molecule has 0 saturated heterocycles. The van der Waals surface area contributed by atoms with E-state index in [-0.39, 0.29) is 0 Å². The summed E-state index contributed by atoms with van der Waals surface area (Å²) in [4.78, 5) is 11.5. The van der Waals surface area contributed by atoms with E-state index in [9.17, 15) is 0 Å². The zero-order valence-corrected chi connectivity index (χ0v) is 12.3. The smallest absolute Gasteiger partial charge is 0.141 e. The van der Waals surface area contributed by atoms with E-state index >= 15 is 0 Å². The van der Waals surface area contributed by atoms with Crippen molar-refractivity contribution in [1.82, 2.24) is 9.97 Å². The lowest BCUT2D eigenvalue weighted by molar-refractivity contribution is 0.754. The second-order valence-corrected chi connectivity index (χ2v) is 5.20. The summed E-state index contributed by atoms with van der Waals surface area (Å²) in [7, 11) is 1.91. The number of fused-ring (bicyclic) bond motifs is 1. The third-order valence-corrected chi connectivity index (χ3v) is 3.83. The molecular weight excluding hydrogens is 248 g/mol. The van der Waals surface area contributed by atoms with E-state index in [1.807, 2.05) is 14.0 Å². The third kappa shape index (κ3) is 2.11. The van der Waals surface area contributed by atoms with Crippen LogP contribution in [0.3, 0.4) is 0 Å². The zero-order valence-electron chi connectivity index (χ0n) is 12.3. The zero-order chi connectivity index (χ0) is 14.1. The van der Waals surface area contributed by atoms with Crippen molar-refractivity contribution in [3.05, 3.63) is 41.2 Å². The SMILES string of the molecule is CNc1nc(C)nc(N2CCCc3ccccc32)c1C. The lowest BCUT2D eigenvalue weighted by atomic mass is 10.0. The van der Waals surface area contributed by atoms with Gasteiger partial charge in [-0.25, -0.2) is 9.97 Å². The maximum absolute atomic E-state index is 4.68. The lowest BCUT2D eigenvalue weighted by Gasteiger charge is -2.31. The quantitative estimate of drug-likeness (QED) is 0.908. The van der Waals surface area contributed by atoms with Crippen molar-refractivity contribution in [1.29, 1.82) is 0 Å². The molecule has 20 heavy (non-hydrogen) atoms. The number of hydrogen-bond acceptors (Lipinski definition) is 4. The molecule has 1 aliphatic rings. The van der Waals surface area contributed by atoms with Crippen LogP contribution < -0.4 is 10.2 Å². The fourth-order valence-electron chi connectivity index (χ4n) is 2.87. The van der Waals surface area contributed by atoms with Crippen LogP contribution in [0.25, 0.3) is 0 Å². The summed E-state index contributed by atoms with van der Waals surface area (Å²) < 4.78 is 0. The largest absolute Gasteiger partial charge is 0.373 e. The normalized spacial score (nSPS) is 14.1. The van der Waals surface area contributed by atoms with Gasteiger partial charge in [0.25, 0.3) is 0 Å². The van der Waals surface area contributed by atoms with Crippen molar-refractivity contribution in [2.45, 2.75) is 26.7 Å². The van der Waals surface area contributed by atoms with Crippen LogP contribution in [-0.2, 0) is 6.42 Å². The Morgan fingerprint density at radius 3 is 2.75 bits per heavy atom. The van der Waals surface area contributed by atoms with Gasteiger partial charge in [0.05, 0.1) is 0 Å². The Morgan fingerprint density at radius 2 is 1.95 bits per heavy atom. The standard InChI is InChI=1S/C16H20N4/c1-11-15(17-3)18-12(2)19-16(11)20-10-6-8-13-7-4-5-9-14(13)20/h4-5,7,9H,6,8,10H2,1-3H3,(H,17,18,19). The summed E-state index contributed by atoms with van der Waals surface area (Å²) in [5, 5.41) is 3.16. The molecule has 4 nitrogen and oxygen atoms in total. The molecule has 0 amide bonds. The molecule has 2 heterocycles. The maximum Gasteiger partial charge on any atom is 0.141 e. The van der Waals surface area contributed by atoms with Gasteiger partial charge < -0.3 is 10.2 Å². The van der Waals surface area contributed by atoms with Crippen molar-refractivity contribution in [3.8, 4) is 0 Å². The topological polar surface area (TPSA) is 41.1 Å². The van der Waals surface area contributed by atoms with Crippen LogP contribution in [0.1, 0.15) is 23.4 Å². The van der Waals surface area contributed by atoms with Crippen LogP contribution in [0.5, 0.6) is 0 Å². The molecule has 104 valence electrons. The molecule has 0 bridgehead atoms. The van der Waals surface area contributed by atoms with E-state index in [1.54, 1.807) is 0 Å². The second-order valence-electron chi connectivity index (χ2n) is 5.20. The van der Waals surface area contributed by atoms with Gasteiger partial charge in [-0.3, -0.25) is 0 Å². The van der Waals surface area contributed by atoms with Gasteiger partial charge in [-0.1, -0.05) is 18.2 Å². The van der Waals surface area contributed by atoms with Gasteiger partial charge in [-0.2, -0.15) is 0 Å². The van der Waals surface area contributed by atoms with E-state index in [0.717, 1.165) is 42.4 Å². The van der Waals surface area contributed by atoms with Crippen molar-refractivity contribution in [2.75, 3.05) is 23.8 Å². The molecule has 4 heteroatoms. The van der Waals surface area contributed by atoms with Crippen LogP contribution in [0.15, 0.2) is 24.3 Å². The van der Waals surface area contributed by atoms with Crippen LogP contribution in [-0.4, -0.2) is 23.6 Å². The molecule has 1 N–H and O–H groups in total. The number of nitrogens with one attached hydrogen (secondary N) is 1. The minimum absolute atomic E-state index is 0.804. The molecule has 0 fully saturated rings. The van der Waals surface area contributed by atoms with Crippen molar-refractivity contribution in [2.24, 2.45) is 0 Å². The second kappa shape index (κ2) is 5.12. The van der Waals surface area contributed by atoms with Crippen LogP contribution in [0.2, 0.25) is 0 Å². The molecule has 0 aliphatic carbocycles. The van der Waals surface area contributed by atoms with E-state index in [0.29, 0.717) is 0 Å². The Morgan fingerprint density at radius 1 is 1.15 bits per heavy atom. The fraction of sp³-hybridized carbons (Fsp3) is 0.375. The highest BCUT2D eigenvalue weighted by Crippen LogP contribution is 2.35. The van der Waals surface area contributed by atoms with Crippen molar-refractivity contribution in [3.63, 3.8) is 0 Å². The molecule has 3 rings (SSSR count). The summed E-state index contributed by atoms with van der Waals surface area (Å²) in [6, 6.07) is 8.60. The molecule has 0 atom stereocenters. The first-order valence-electron chi connectivity index (χ1n) is 7.09. The first kappa shape index (κ1) is 12.9. The summed E-state index contributed by atoms with van der Waals surface area (Å²) in [5.74, 6) is 2.74. The first-order valence-corrected chi connectivity index (χ1v) is 7.09. The molecule has 1 aliphatic heterocycles. The molecule has 0 unspecified atom stereocenters. The number of hydrogen-bond donors (Lipinski definition) is 1. The average molecular weight is 268 g/mol. The van der Waals surface area contributed by atoms with E-state index < -0.39 is 0 Å². The number of aryl methyl sites for hydroxylation is 2. The summed E-state index contributed by atoms with van der Waals surface area (Å²) in [6.07, 6.45) is 2.31. The highest BCUT2D eigenvalue weighted by Gasteiger charge is 2.21. The van der Waals surface area contributed by atoms with Gasteiger partial charge in [-0.15, -0.1) is 0 Å². The van der Waals surface area contributed by atoms with Gasteiger partial charge in [-0.05, 0) is 38.3 Å². The number of benzene rings is 1. The number of anilines is 3. The minimum Gasteiger partial charge on any atom is -0.373 e. The molecule has 2 aromatic rings. The van der Waals surface area contributed by atoms with Crippen molar-refractivity contribution < 1.29 is 0 Å². The summed E-state index contributed by atoms with van der Waals surface area (Å²) >= 11 is 0. The Bertz CT molecular complexity index is 636. The van der Waals surface area contributed by atoms with Crippen LogP contribution in [0, 0.1) is 13.8 Å². The number of para-hydroxylation sites is 1. The molecule has 1 aromatic heterocycles. The predicted molar refractivity (Wildman–Crippen MR) is 82.8 cm³/mol. The molecule has 1 aromatic carbocycles. The molecule has 0 spiro atoms. The van der Waals surface area contributed by atoms with Crippen LogP contribution in [0.4, 0.5) is 17.3 Å². The number of aromatic nitrogens is 2. The van der Waals surface area contributed by atoms with Gasteiger partial charge in [0, 0.05) is 24.8 Å². The first-order chi connectivity index (χ1) is 9.70. The van der Waals surface area contributed by atoms with Crippen LogP contribution >= 0.6 is 0 Å². The van der Waals surface area contributed by atoms with E-state index in [1.165, 1.54) is 11.3 Å². The maximum atomic E-state index is 4.68. The Kier molecular flexibility index (Phi) is 3.30. The van der Waals surface area contributed by atoms with Crippen molar-refractivity contribution >= 4 is 17.3 Å². The monoisotopic (exact) mass is 268 g/mol. The van der Waals surface area contributed by atoms with Gasteiger partial charge >= 0.3 is 0 Å². The molecule has 0 saturated carbocycles. The Hall–Kier alpha value is -2.10. The molecule has 0 radical (unpaired) electrons. The highest BCUT2D eigenvalue weighted by molar-refractivity contribution is 5.70. The molecular formula is C16H20N4. The van der Waals surface area contributed by atoms with Gasteiger partial charge in [0.1, 0.15) is 17.5 Å². The summed E-state index contributed by atoms with van der Waals surface area (Å²) in [5.41, 5.74) is 3.79. The van der Waals surface area contributed by atoms with Gasteiger partial charge in [0.2, 0.25) is 0 Å². The fourth-order valence-corrected chi connectivity index (χ4v) is 2.87. The van der Waals surface area contributed by atoms with Gasteiger partial charge in [0.15, 0.2) is 0 Å². The predicted octanol–water partition coefficient (Wildman–Crippen LogP) is 3.22. The number of rotatable bonds is 2. The minimum atomic E-state index is 0.804. The highest BCUT2D eigenvalue weighted by atomic mass is 15.2. The van der Waals surface area contributed by atoms with E-state index in [2.05, 4.69) is 51.4 Å². The number of nitrogens with zero attached hydrogens (tertiary/aromatic N) is 3. The average Bonchev–Trinajstić information content (AvgIpc) is 2.48. The lowest BCUT2D eigenvalue weighted by Crippen LogP contribution is -2.26. The Balaban J connectivity index is 2.13.